The predicted molar refractivity (Wildman–Crippen MR) is 79.1 cm³/mol. The standard InChI is InChI=1S/C14H23F3N4/c1-3-12(8-18)20-9-19-10(2)21-13-6-4-5-11(7-13)14(15,16)17/h8-9,11,13H,3-7,18H2,1-2H3,(H,19,20,21)/b12-8+. The molecule has 0 bridgehead atoms. The smallest absolute Gasteiger partial charge is 0.391 e. The largest absolute Gasteiger partial charge is 0.403 e. The number of allylic oxidation sites excluding steroid dienone is 1. The van der Waals surface area contributed by atoms with Gasteiger partial charge in [0.2, 0.25) is 0 Å². The molecule has 2 unspecified atom stereocenters. The van der Waals surface area contributed by atoms with Gasteiger partial charge in [0.15, 0.2) is 0 Å². The van der Waals surface area contributed by atoms with Crippen LogP contribution in [0, 0.1) is 5.92 Å². The summed E-state index contributed by atoms with van der Waals surface area (Å²) in [6, 6.07) is -0.293. The summed E-state index contributed by atoms with van der Waals surface area (Å²) in [6.45, 7) is 3.63. The molecule has 21 heavy (non-hydrogen) atoms. The van der Waals surface area contributed by atoms with Gasteiger partial charge in [0.05, 0.1) is 18.3 Å². The minimum atomic E-state index is -4.12. The summed E-state index contributed by atoms with van der Waals surface area (Å²) in [5.41, 5.74) is 6.20. The lowest BCUT2D eigenvalue weighted by atomic mass is 9.85. The van der Waals surface area contributed by atoms with E-state index in [1.165, 1.54) is 12.5 Å². The van der Waals surface area contributed by atoms with Gasteiger partial charge in [0.1, 0.15) is 5.84 Å². The van der Waals surface area contributed by atoms with Gasteiger partial charge in [0, 0.05) is 11.9 Å². The van der Waals surface area contributed by atoms with Crippen molar-refractivity contribution in [3.63, 3.8) is 0 Å². The Bertz CT molecular complexity index is 413. The zero-order chi connectivity index (χ0) is 15.9. The molecular weight excluding hydrogens is 281 g/mol. The van der Waals surface area contributed by atoms with Crippen LogP contribution in [0.3, 0.4) is 0 Å². The Labute approximate surface area is 123 Å². The topological polar surface area (TPSA) is 62.8 Å². The van der Waals surface area contributed by atoms with E-state index in [0.717, 1.165) is 12.1 Å². The van der Waals surface area contributed by atoms with E-state index >= 15 is 0 Å². The Morgan fingerprint density at radius 3 is 2.67 bits per heavy atom. The van der Waals surface area contributed by atoms with Gasteiger partial charge in [-0.05, 0) is 32.6 Å². The fourth-order valence-corrected chi connectivity index (χ4v) is 2.35. The van der Waals surface area contributed by atoms with Crippen LogP contribution < -0.4 is 11.1 Å². The van der Waals surface area contributed by atoms with Gasteiger partial charge in [-0.2, -0.15) is 13.2 Å². The molecule has 1 aliphatic rings. The SMILES string of the molecule is CC/C(=C\N)NC=NC(C)=NC1CCCC(C(F)(F)F)C1. The minimum absolute atomic E-state index is 0.0622. The molecule has 1 saturated carbocycles. The number of amidine groups is 1. The number of nitrogens with two attached hydrogens (primary N) is 1. The second-order valence-corrected chi connectivity index (χ2v) is 5.18. The number of nitrogens with zero attached hydrogens (tertiary/aromatic N) is 2. The summed E-state index contributed by atoms with van der Waals surface area (Å²) in [5.74, 6) is -0.760. The van der Waals surface area contributed by atoms with Crippen molar-refractivity contribution in [3.8, 4) is 0 Å². The third-order valence-corrected chi connectivity index (χ3v) is 3.56. The Hall–Kier alpha value is -1.53. The molecule has 0 aliphatic heterocycles. The van der Waals surface area contributed by atoms with Gasteiger partial charge in [-0.15, -0.1) is 0 Å². The molecular formula is C14H23F3N4. The number of aliphatic imine (C=N–C) groups is 2. The third kappa shape index (κ3) is 6.18. The number of hydrogen-bond donors (Lipinski definition) is 2. The number of nitrogens with one attached hydrogen (secondary N) is 1. The molecule has 2 atom stereocenters. The normalized spacial score (nSPS) is 25.4. The molecule has 1 rings (SSSR count). The Morgan fingerprint density at radius 2 is 2.10 bits per heavy atom. The number of rotatable bonds is 4. The average Bonchev–Trinajstić information content (AvgIpc) is 2.43. The molecule has 0 spiro atoms. The monoisotopic (exact) mass is 304 g/mol. The maximum atomic E-state index is 12.7. The van der Waals surface area contributed by atoms with E-state index < -0.39 is 12.1 Å². The quantitative estimate of drug-likeness (QED) is 0.618. The molecule has 0 saturated heterocycles. The first-order valence-electron chi connectivity index (χ1n) is 7.17. The molecule has 7 heteroatoms. The molecule has 4 nitrogen and oxygen atoms in total. The first-order valence-corrected chi connectivity index (χ1v) is 7.17. The van der Waals surface area contributed by atoms with Crippen LogP contribution in [0.4, 0.5) is 13.2 Å². The second-order valence-electron chi connectivity index (χ2n) is 5.18. The van der Waals surface area contributed by atoms with Crippen LogP contribution in [0.2, 0.25) is 0 Å². The highest BCUT2D eigenvalue weighted by atomic mass is 19.4. The highest BCUT2D eigenvalue weighted by molar-refractivity contribution is 5.87. The lowest BCUT2D eigenvalue weighted by Crippen LogP contribution is -2.30. The van der Waals surface area contributed by atoms with E-state index in [9.17, 15) is 13.2 Å². The van der Waals surface area contributed by atoms with E-state index in [2.05, 4.69) is 15.3 Å². The van der Waals surface area contributed by atoms with Crippen molar-refractivity contribution in [1.29, 1.82) is 0 Å². The predicted octanol–water partition coefficient (Wildman–Crippen LogP) is 3.35. The number of alkyl halides is 3. The summed E-state index contributed by atoms with van der Waals surface area (Å²) >= 11 is 0. The molecule has 0 aromatic rings. The molecule has 1 fully saturated rings. The molecule has 3 N–H and O–H groups in total. The van der Waals surface area contributed by atoms with E-state index in [4.69, 9.17) is 5.73 Å². The van der Waals surface area contributed by atoms with Crippen molar-refractivity contribution < 1.29 is 13.2 Å². The highest BCUT2D eigenvalue weighted by Crippen LogP contribution is 2.38. The minimum Gasteiger partial charge on any atom is -0.403 e. The van der Waals surface area contributed by atoms with Crippen molar-refractivity contribution in [3.05, 3.63) is 11.9 Å². The van der Waals surface area contributed by atoms with Crippen LogP contribution in [-0.2, 0) is 0 Å². The first kappa shape index (κ1) is 17.5. The zero-order valence-electron chi connectivity index (χ0n) is 12.5. The summed E-state index contributed by atoms with van der Waals surface area (Å²) in [4.78, 5) is 8.35. The maximum absolute atomic E-state index is 12.7. The highest BCUT2D eigenvalue weighted by Gasteiger charge is 2.42. The molecule has 0 heterocycles. The van der Waals surface area contributed by atoms with Gasteiger partial charge >= 0.3 is 6.18 Å². The van der Waals surface area contributed by atoms with Crippen molar-refractivity contribution in [2.45, 2.75) is 58.2 Å². The maximum Gasteiger partial charge on any atom is 0.391 e. The number of hydrogen-bond acceptors (Lipinski definition) is 2. The van der Waals surface area contributed by atoms with Crippen LogP contribution in [0.5, 0.6) is 0 Å². The molecule has 1 aliphatic carbocycles. The van der Waals surface area contributed by atoms with E-state index in [1.807, 2.05) is 6.92 Å². The van der Waals surface area contributed by atoms with E-state index in [1.54, 1.807) is 6.92 Å². The summed E-state index contributed by atoms with van der Waals surface area (Å²) in [6.07, 6.45) is 1.06. The summed E-state index contributed by atoms with van der Waals surface area (Å²) in [7, 11) is 0. The van der Waals surface area contributed by atoms with Gasteiger partial charge in [0.25, 0.3) is 0 Å². The third-order valence-electron chi connectivity index (χ3n) is 3.56. The lowest BCUT2D eigenvalue weighted by molar-refractivity contribution is -0.182. The van der Waals surface area contributed by atoms with Crippen LogP contribution in [-0.4, -0.2) is 24.4 Å². The van der Waals surface area contributed by atoms with Crippen LogP contribution >= 0.6 is 0 Å². The Morgan fingerprint density at radius 1 is 1.38 bits per heavy atom. The van der Waals surface area contributed by atoms with Crippen molar-refractivity contribution >= 4 is 12.2 Å². The van der Waals surface area contributed by atoms with Crippen molar-refractivity contribution in [1.82, 2.24) is 5.32 Å². The zero-order valence-corrected chi connectivity index (χ0v) is 12.5. The molecule has 0 aromatic carbocycles. The van der Waals surface area contributed by atoms with Gasteiger partial charge in [-0.1, -0.05) is 13.3 Å². The van der Waals surface area contributed by atoms with Crippen LogP contribution in [0.25, 0.3) is 0 Å². The fourth-order valence-electron chi connectivity index (χ4n) is 2.35. The van der Waals surface area contributed by atoms with E-state index in [-0.39, 0.29) is 18.9 Å². The Balaban J connectivity index is 2.55. The summed E-state index contributed by atoms with van der Waals surface area (Å²) in [5, 5.41) is 2.90. The molecule has 0 amide bonds. The second kappa shape index (κ2) is 8.05. The number of halogens is 3. The molecule has 0 radical (unpaired) electrons. The fraction of sp³-hybridized carbons (Fsp3) is 0.714. The molecule has 120 valence electrons. The summed E-state index contributed by atoms with van der Waals surface area (Å²) < 4.78 is 38.1. The molecule has 0 aromatic heterocycles. The Kier molecular flexibility index (Phi) is 6.71. The van der Waals surface area contributed by atoms with Gasteiger partial charge in [-0.3, -0.25) is 4.99 Å². The average molecular weight is 304 g/mol. The van der Waals surface area contributed by atoms with E-state index in [0.29, 0.717) is 18.7 Å². The van der Waals surface area contributed by atoms with Gasteiger partial charge in [-0.25, -0.2) is 4.99 Å². The van der Waals surface area contributed by atoms with Crippen LogP contribution in [0.15, 0.2) is 21.9 Å². The van der Waals surface area contributed by atoms with Crippen molar-refractivity contribution in [2.75, 3.05) is 0 Å². The first-order chi connectivity index (χ1) is 9.86. The van der Waals surface area contributed by atoms with Crippen molar-refractivity contribution in [2.24, 2.45) is 21.6 Å². The van der Waals surface area contributed by atoms with Gasteiger partial charge < -0.3 is 11.1 Å². The van der Waals surface area contributed by atoms with Crippen LogP contribution in [0.1, 0.15) is 46.0 Å². The lowest BCUT2D eigenvalue weighted by Gasteiger charge is -2.28.